The maximum absolute atomic E-state index is 14.0. The van der Waals surface area contributed by atoms with Crippen molar-refractivity contribution in [2.24, 2.45) is 0 Å². The molecular formula is C8H24F4N2Si4. The Kier molecular flexibility index (Phi) is 5.27. The second-order valence-electron chi connectivity index (χ2n) is 6.65. The van der Waals surface area contributed by atoms with Crippen LogP contribution in [0.1, 0.15) is 0 Å². The van der Waals surface area contributed by atoms with Gasteiger partial charge in [0.25, 0.3) is 0 Å². The normalized spacial score (nSPS) is 15.7. The molecule has 0 unspecified atom stereocenters. The van der Waals surface area contributed by atoms with Crippen LogP contribution in [-0.4, -0.2) is 43.0 Å². The van der Waals surface area contributed by atoms with Crippen molar-refractivity contribution in [2.75, 3.05) is 0 Å². The first-order chi connectivity index (χ1) is 7.49. The Hall–Kier alpha value is 0.508. The predicted octanol–water partition coefficient (Wildman–Crippen LogP) is 4.19. The molecule has 2 nitrogen and oxygen atoms in total. The van der Waals surface area contributed by atoms with Crippen LogP contribution in [-0.2, 0) is 0 Å². The highest BCUT2D eigenvalue weighted by molar-refractivity contribution is 6.91. The highest BCUT2D eigenvalue weighted by Gasteiger charge is 2.58. The van der Waals surface area contributed by atoms with Crippen molar-refractivity contribution in [3.8, 4) is 0 Å². The van der Waals surface area contributed by atoms with Crippen LogP contribution in [0.15, 0.2) is 0 Å². The first-order valence-corrected chi connectivity index (χ1v) is 17.2. The molecule has 0 aromatic carbocycles. The average molecular weight is 337 g/mol. The van der Waals surface area contributed by atoms with Crippen LogP contribution in [0, 0.1) is 0 Å². The molecule has 0 saturated carbocycles. The zero-order valence-corrected chi connectivity index (χ0v) is 16.4. The Bertz CT molecular complexity index is 231. The second kappa shape index (κ2) is 5.13. The van der Waals surface area contributed by atoms with E-state index < -0.39 is 34.3 Å². The Morgan fingerprint density at radius 2 is 0.667 bits per heavy atom. The third-order valence-corrected chi connectivity index (χ3v) is 14.2. The Morgan fingerprint density at radius 1 is 0.500 bits per heavy atom. The van der Waals surface area contributed by atoms with Gasteiger partial charge < -0.3 is 0 Å². The second-order valence-corrected chi connectivity index (χ2v) is 21.3. The van der Waals surface area contributed by atoms with Gasteiger partial charge in [-0.3, -0.25) is 16.4 Å². The lowest BCUT2D eigenvalue weighted by Gasteiger charge is -2.51. The summed E-state index contributed by atoms with van der Waals surface area (Å²) in [5, 5.41) is 0. The van der Waals surface area contributed by atoms with E-state index in [1.807, 2.05) is 0 Å². The van der Waals surface area contributed by atoms with Gasteiger partial charge in [-0.2, -0.15) is 0 Å². The molecular weight excluding hydrogens is 312 g/mol. The minimum Gasteiger partial charge on any atom is -0.252 e. The van der Waals surface area contributed by atoms with Gasteiger partial charge in [-0.15, -0.1) is 0 Å². The standard InChI is InChI=1S/C8H24F4N2Si4/c1-15(2,3)13(17(7,9)10)14(16(4,5)6)18(8,11)12/h1-8H3. The molecule has 0 aliphatic rings. The van der Waals surface area contributed by atoms with Gasteiger partial charge in [0.1, 0.15) is 16.5 Å². The lowest BCUT2D eigenvalue weighted by atomic mass is 11.8. The summed E-state index contributed by atoms with van der Waals surface area (Å²) in [5.74, 6) is 0. The molecule has 0 aromatic rings. The van der Waals surface area contributed by atoms with Crippen LogP contribution in [0.25, 0.3) is 0 Å². The van der Waals surface area contributed by atoms with E-state index in [0.29, 0.717) is 0 Å². The predicted molar refractivity (Wildman–Crippen MR) is 78.0 cm³/mol. The van der Waals surface area contributed by atoms with Crippen LogP contribution >= 0.6 is 0 Å². The number of hydrogen-bond donors (Lipinski definition) is 0. The zero-order chi connectivity index (χ0) is 15.2. The minimum atomic E-state index is -4.79. The van der Waals surface area contributed by atoms with Crippen LogP contribution < -0.4 is 0 Å². The molecule has 0 N–H and O–H groups in total. The molecule has 18 heavy (non-hydrogen) atoms. The van der Waals surface area contributed by atoms with Gasteiger partial charge in [0.05, 0.1) is 0 Å². The average Bonchev–Trinajstić information content (AvgIpc) is 1.89. The molecule has 0 aromatic heterocycles. The molecule has 0 radical (unpaired) electrons. The fourth-order valence-corrected chi connectivity index (χ4v) is 19.2. The molecule has 0 saturated heterocycles. The molecule has 0 fully saturated rings. The summed E-state index contributed by atoms with van der Waals surface area (Å²) in [6, 6.07) is 0. The molecule has 0 heterocycles. The third-order valence-electron chi connectivity index (χ3n) is 2.21. The van der Waals surface area contributed by atoms with Gasteiger partial charge in [-0.1, -0.05) is 39.3 Å². The minimum absolute atomic E-state index is 0.846. The molecule has 0 amide bonds. The zero-order valence-electron chi connectivity index (χ0n) is 12.4. The monoisotopic (exact) mass is 336 g/mol. The summed E-state index contributed by atoms with van der Waals surface area (Å²) in [6.45, 7) is 11.9. The van der Waals surface area contributed by atoms with Crippen molar-refractivity contribution in [3.63, 3.8) is 0 Å². The number of nitrogens with zero attached hydrogens (tertiary/aromatic N) is 2. The van der Waals surface area contributed by atoms with E-state index in [9.17, 15) is 16.4 Å². The van der Waals surface area contributed by atoms with Gasteiger partial charge in [0.15, 0.2) is 0 Å². The Balaban J connectivity index is 5.84. The van der Waals surface area contributed by atoms with Crippen molar-refractivity contribution in [1.29, 1.82) is 0 Å². The smallest absolute Gasteiger partial charge is 0.252 e. The van der Waals surface area contributed by atoms with Crippen LogP contribution in [0.2, 0.25) is 52.4 Å². The van der Waals surface area contributed by atoms with Crippen molar-refractivity contribution < 1.29 is 16.4 Å². The van der Waals surface area contributed by atoms with Crippen molar-refractivity contribution in [2.45, 2.75) is 52.4 Å². The fraction of sp³-hybridized carbons (Fsp3) is 1.00. The Labute approximate surface area is 112 Å². The van der Waals surface area contributed by atoms with Gasteiger partial charge >= 0.3 is 17.8 Å². The SMILES string of the molecule is C[Si](C)(C)N(N([Si](C)(C)C)[Si](C)(F)F)[Si](C)(F)F. The number of halogens is 4. The topological polar surface area (TPSA) is 6.48 Å². The summed E-state index contributed by atoms with van der Waals surface area (Å²) in [4.78, 5) is 0. The summed E-state index contributed by atoms with van der Waals surface area (Å²) in [5.41, 5.74) is 0. The summed E-state index contributed by atoms with van der Waals surface area (Å²) < 4.78 is 57.6. The van der Waals surface area contributed by atoms with Gasteiger partial charge in [0, 0.05) is 13.1 Å². The van der Waals surface area contributed by atoms with Crippen molar-refractivity contribution in [3.05, 3.63) is 0 Å². The highest BCUT2D eigenvalue weighted by atomic mass is 28.5. The molecule has 110 valence electrons. The maximum Gasteiger partial charge on any atom is 0.509 e. The third kappa shape index (κ3) is 4.88. The van der Waals surface area contributed by atoms with Crippen LogP contribution in [0.5, 0.6) is 0 Å². The number of hydrogen-bond acceptors (Lipinski definition) is 2. The van der Waals surface area contributed by atoms with Gasteiger partial charge in [-0.25, -0.2) is 8.68 Å². The van der Waals surface area contributed by atoms with Gasteiger partial charge in [0.2, 0.25) is 0 Å². The summed E-state index contributed by atoms with van der Waals surface area (Å²) in [6.07, 6.45) is 0. The van der Waals surface area contributed by atoms with Crippen LogP contribution in [0.3, 0.4) is 0 Å². The van der Waals surface area contributed by atoms with Crippen molar-refractivity contribution >= 4 is 34.3 Å². The largest absolute Gasteiger partial charge is 0.509 e. The van der Waals surface area contributed by atoms with E-state index in [4.69, 9.17) is 0 Å². The van der Waals surface area contributed by atoms with E-state index in [2.05, 4.69) is 0 Å². The number of rotatable bonds is 5. The van der Waals surface area contributed by atoms with E-state index in [1.165, 1.54) is 0 Å². The molecule has 0 spiro atoms. The molecule has 0 rings (SSSR count). The molecule has 0 bridgehead atoms. The van der Waals surface area contributed by atoms with Crippen LogP contribution in [0.4, 0.5) is 16.4 Å². The first-order valence-electron chi connectivity index (χ1n) is 5.85. The lowest BCUT2D eigenvalue weighted by Crippen LogP contribution is -2.76. The van der Waals surface area contributed by atoms with E-state index in [-0.39, 0.29) is 0 Å². The van der Waals surface area contributed by atoms with Crippen molar-refractivity contribution in [1.82, 2.24) is 8.68 Å². The highest BCUT2D eigenvalue weighted by Crippen LogP contribution is 2.33. The quantitative estimate of drug-likeness (QED) is 0.321. The number of hydrazine groups is 1. The van der Waals surface area contributed by atoms with E-state index >= 15 is 0 Å². The van der Waals surface area contributed by atoms with E-state index in [0.717, 1.165) is 21.8 Å². The molecule has 10 heteroatoms. The first kappa shape index (κ1) is 18.5. The van der Waals surface area contributed by atoms with Gasteiger partial charge in [-0.05, 0) is 0 Å². The lowest BCUT2D eigenvalue weighted by molar-refractivity contribution is 0.247. The fourth-order valence-electron chi connectivity index (χ4n) is 2.13. The molecule has 0 atom stereocenters. The molecule has 0 aliphatic carbocycles. The molecule has 0 aliphatic heterocycles. The summed E-state index contributed by atoms with van der Waals surface area (Å²) >= 11 is 0. The van der Waals surface area contributed by atoms with E-state index in [1.54, 1.807) is 39.3 Å². The Morgan fingerprint density at radius 3 is 0.722 bits per heavy atom. The maximum atomic E-state index is 14.0. The summed E-state index contributed by atoms with van der Waals surface area (Å²) in [7, 11) is -14.7.